The summed E-state index contributed by atoms with van der Waals surface area (Å²) in [6.07, 6.45) is 42.7. The lowest BCUT2D eigenvalue weighted by molar-refractivity contribution is -0.572. The Bertz CT molecular complexity index is 713. The molecule has 0 aliphatic carbocycles. The van der Waals surface area contributed by atoms with Crippen LogP contribution in [-0.2, 0) is 24.3 Å². The van der Waals surface area contributed by atoms with Crippen molar-refractivity contribution in [1.29, 1.82) is 0 Å². The molecule has 7 nitrogen and oxygen atoms in total. The molecule has 0 rings (SSSR count). The SMILES string of the molecule is CCCCCCCCCCCCCC=CCC(CC(C)(CO)OOOC(C)(CO)CC(CC=CCCCCCCCCCCCCC)OC)OC. The van der Waals surface area contributed by atoms with Gasteiger partial charge in [-0.1, -0.05) is 172 Å². The van der Waals surface area contributed by atoms with E-state index in [4.69, 9.17) is 24.3 Å². The third kappa shape index (κ3) is 31.3. The van der Waals surface area contributed by atoms with Gasteiger partial charge in [0.25, 0.3) is 0 Å². The van der Waals surface area contributed by atoms with Gasteiger partial charge in [-0.3, -0.25) is 0 Å². The van der Waals surface area contributed by atoms with Crippen molar-refractivity contribution in [3.8, 4) is 0 Å². The topological polar surface area (TPSA) is 86.6 Å². The van der Waals surface area contributed by atoms with Gasteiger partial charge >= 0.3 is 0 Å². The summed E-state index contributed by atoms with van der Waals surface area (Å²) < 4.78 is 11.4. The first kappa shape index (κ1) is 50.2. The van der Waals surface area contributed by atoms with E-state index in [1.807, 2.05) is 0 Å². The summed E-state index contributed by atoms with van der Waals surface area (Å²) in [5, 5.41) is 25.5. The van der Waals surface area contributed by atoms with Crippen molar-refractivity contribution in [2.75, 3.05) is 27.4 Å². The summed E-state index contributed by atoms with van der Waals surface area (Å²) in [7, 11) is 3.36. The van der Waals surface area contributed by atoms with E-state index in [9.17, 15) is 10.2 Å². The second-order valence-electron chi connectivity index (χ2n) is 15.6. The van der Waals surface area contributed by atoms with Gasteiger partial charge in [0, 0.05) is 27.1 Å². The minimum Gasteiger partial charge on any atom is -0.393 e. The Balaban J connectivity index is 4.29. The zero-order chi connectivity index (χ0) is 37.7. The number of aliphatic hydroxyl groups excluding tert-OH is 2. The lowest BCUT2D eigenvalue weighted by Gasteiger charge is -2.32. The molecule has 0 radical (unpaired) electrons. The second kappa shape index (κ2) is 36.2. The Labute approximate surface area is 316 Å². The smallest absolute Gasteiger partial charge is 0.129 e. The van der Waals surface area contributed by atoms with Gasteiger partial charge in [0.15, 0.2) is 0 Å². The van der Waals surface area contributed by atoms with Crippen LogP contribution in [0.15, 0.2) is 24.3 Å². The molecule has 0 spiro atoms. The van der Waals surface area contributed by atoms with Crippen LogP contribution in [0, 0.1) is 0 Å². The highest BCUT2D eigenvalue weighted by molar-refractivity contribution is 4.89. The van der Waals surface area contributed by atoms with E-state index in [0.717, 1.165) is 25.7 Å². The van der Waals surface area contributed by atoms with E-state index in [0.29, 0.717) is 12.8 Å². The maximum atomic E-state index is 10.1. The summed E-state index contributed by atoms with van der Waals surface area (Å²) in [5.41, 5.74) is -2.06. The van der Waals surface area contributed by atoms with Crippen molar-refractivity contribution in [3.63, 3.8) is 0 Å². The van der Waals surface area contributed by atoms with Crippen molar-refractivity contribution in [1.82, 2.24) is 0 Å². The van der Waals surface area contributed by atoms with Crippen molar-refractivity contribution in [2.24, 2.45) is 0 Å². The molecule has 0 saturated carbocycles. The first-order chi connectivity index (χ1) is 24.8. The predicted molar refractivity (Wildman–Crippen MR) is 215 cm³/mol. The van der Waals surface area contributed by atoms with Crippen molar-refractivity contribution in [3.05, 3.63) is 24.3 Å². The number of unbranched alkanes of at least 4 members (excludes halogenated alkanes) is 22. The van der Waals surface area contributed by atoms with E-state index in [-0.39, 0.29) is 25.4 Å². The summed E-state index contributed by atoms with van der Waals surface area (Å²) in [6, 6.07) is 0. The highest BCUT2D eigenvalue weighted by Gasteiger charge is 2.34. The molecule has 0 bridgehead atoms. The average molecular weight is 727 g/mol. The maximum absolute atomic E-state index is 10.1. The fourth-order valence-corrected chi connectivity index (χ4v) is 6.50. The fraction of sp³-hybridized carbons (Fsp3) is 0.909. The summed E-state index contributed by atoms with van der Waals surface area (Å²) in [5.74, 6) is 0. The van der Waals surface area contributed by atoms with Crippen LogP contribution in [0.5, 0.6) is 0 Å². The third-order valence-electron chi connectivity index (χ3n) is 10.2. The molecule has 0 saturated heterocycles. The molecular formula is C44H86O7. The van der Waals surface area contributed by atoms with Crippen molar-refractivity contribution < 1.29 is 34.5 Å². The normalized spacial score (nSPS) is 15.8. The maximum Gasteiger partial charge on any atom is 0.129 e. The molecule has 2 N–H and O–H groups in total. The standard InChI is InChI=1S/C44H86O7/c1-7-9-11-13-15-17-19-21-23-25-27-29-31-33-35-41(47-5)37-43(3,39-45)49-51-50-44(4,40-46)38-42(48-6)36-34-32-30-28-26-24-22-20-18-16-14-12-10-8-2/h31-34,41-42,45-46H,7-30,35-40H2,1-6H3. The highest BCUT2D eigenvalue weighted by Crippen LogP contribution is 2.26. The van der Waals surface area contributed by atoms with Crippen LogP contribution in [0.25, 0.3) is 0 Å². The number of methoxy groups -OCH3 is 2. The monoisotopic (exact) mass is 727 g/mol. The molecule has 0 aromatic rings. The number of rotatable bonds is 40. The average Bonchev–Trinajstić information content (AvgIpc) is 3.14. The van der Waals surface area contributed by atoms with Gasteiger partial charge in [0.05, 0.1) is 25.4 Å². The molecule has 0 aromatic heterocycles. The molecule has 0 aromatic carbocycles. The van der Waals surface area contributed by atoms with E-state index in [2.05, 4.69) is 38.2 Å². The van der Waals surface area contributed by atoms with Crippen LogP contribution >= 0.6 is 0 Å². The van der Waals surface area contributed by atoms with E-state index in [1.165, 1.54) is 141 Å². The zero-order valence-corrected chi connectivity index (χ0v) is 34.6. The highest BCUT2D eigenvalue weighted by atomic mass is 17.5. The minimum absolute atomic E-state index is 0.140. The Hall–Kier alpha value is -0.800. The number of hydrogen-bond donors (Lipinski definition) is 2. The molecule has 0 amide bonds. The fourth-order valence-electron chi connectivity index (χ4n) is 6.50. The van der Waals surface area contributed by atoms with Crippen LogP contribution in [0.1, 0.15) is 207 Å². The Morgan fingerprint density at radius 1 is 0.451 bits per heavy atom. The molecule has 4 atom stereocenters. The zero-order valence-electron chi connectivity index (χ0n) is 34.6. The van der Waals surface area contributed by atoms with E-state index >= 15 is 0 Å². The van der Waals surface area contributed by atoms with Gasteiger partial charge in [-0.05, 0) is 52.4 Å². The molecule has 0 fully saturated rings. The van der Waals surface area contributed by atoms with E-state index < -0.39 is 11.2 Å². The molecule has 0 heterocycles. The Morgan fingerprint density at radius 2 is 0.745 bits per heavy atom. The van der Waals surface area contributed by atoms with Gasteiger partial charge in [-0.15, -0.1) is 0 Å². The number of aliphatic hydroxyl groups is 2. The van der Waals surface area contributed by atoms with Crippen LogP contribution in [0.3, 0.4) is 0 Å². The summed E-state index contributed by atoms with van der Waals surface area (Å²) >= 11 is 0. The first-order valence-corrected chi connectivity index (χ1v) is 21.4. The lowest BCUT2D eigenvalue weighted by atomic mass is 9.97. The lowest BCUT2D eigenvalue weighted by Crippen LogP contribution is -2.41. The number of allylic oxidation sites excluding steroid dienone is 2. The van der Waals surface area contributed by atoms with Crippen LogP contribution in [0.4, 0.5) is 0 Å². The van der Waals surface area contributed by atoms with E-state index in [1.54, 1.807) is 28.1 Å². The molecular weight excluding hydrogens is 640 g/mol. The Morgan fingerprint density at radius 3 is 1.02 bits per heavy atom. The third-order valence-corrected chi connectivity index (χ3v) is 10.2. The Kier molecular flexibility index (Phi) is 35.6. The number of hydrogen-bond acceptors (Lipinski definition) is 7. The molecule has 0 aliphatic rings. The van der Waals surface area contributed by atoms with Gasteiger partial charge in [-0.2, -0.15) is 9.78 Å². The van der Waals surface area contributed by atoms with Gasteiger partial charge < -0.3 is 19.7 Å². The molecule has 7 heteroatoms. The number of ether oxygens (including phenoxy) is 2. The quantitative estimate of drug-likeness (QED) is 0.0281. The van der Waals surface area contributed by atoms with Crippen LogP contribution < -0.4 is 0 Å². The molecule has 51 heavy (non-hydrogen) atoms. The molecule has 304 valence electrons. The molecule has 4 unspecified atom stereocenters. The van der Waals surface area contributed by atoms with Crippen LogP contribution in [-0.4, -0.2) is 61.1 Å². The predicted octanol–water partition coefficient (Wildman–Crippen LogP) is 12.5. The largest absolute Gasteiger partial charge is 0.393 e. The minimum atomic E-state index is -1.03. The summed E-state index contributed by atoms with van der Waals surface area (Å²) in [4.78, 5) is 11.2. The van der Waals surface area contributed by atoms with Crippen LogP contribution in [0.2, 0.25) is 0 Å². The second-order valence-corrected chi connectivity index (χ2v) is 15.6. The van der Waals surface area contributed by atoms with Crippen molar-refractivity contribution >= 4 is 0 Å². The molecule has 0 aliphatic heterocycles. The first-order valence-electron chi connectivity index (χ1n) is 21.4. The summed E-state index contributed by atoms with van der Waals surface area (Å²) in [6.45, 7) is 7.55. The van der Waals surface area contributed by atoms with Gasteiger partial charge in [0.1, 0.15) is 11.2 Å². The van der Waals surface area contributed by atoms with Crippen molar-refractivity contribution in [2.45, 2.75) is 231 Å². The van der Waals surface area contributed by atoms with Gasteiger partial charge in [-0.25, -0.2) is 0 Å². The van der Waals surface area contributed by atoms with Gasteiger partial charge in [0.2, 0.25) is 0 Å².